The van der Waals surface area contributed by atoms with Gasteiger partial charge >= 0.3 is 0 Å². The van der Waals surface area contributed by atoms with Crippen molar-refractivity contribution in [3.8, 4) is 5.69 Å². The number of aromatic nitrogens is 2. The Balaban J connectivity index is 1.39. The SMILES string of the molecule is CN(Cc1ccc(-n2cccn2)cc1)C(=O)C1CC2(CCNCC2)CN1C. The summed E-state index contributed by atoms with van der Waals surface area (Å²) in [6.45, 7) is 3.83. The van der Waals surface area contributed by atoms with Crippen LogP contribution in [-0.2, 0) is 11.3 Å². The van der Waals surface area contributed by atoms with E-state index in [1.807, 2.05) is 41.0 Å². The van der Waals surface area contributed by atoms with Gasteiger partial charge in [-0.2, -0.15) is 5.10 Å². The summed E-state index contributed by atoms with van der Waals surface area (Å²) in [6, 6.07) is 10.2. The van der Waals surface area contributed by atoms with E-state index in [1.165, 1.54) is 12.8 Å². The highest BCUT2D eigenvalue weighted by molar-refractivity contribution is 5.82. The van der Waals surface area contributed by atoms with E-state index in [9.17, 15) is 4.79 Å². The zero-order valence-electron chi connectivity index (χ0n) is 16.3. The number of piperidine rings is 1. The fourth-order valence-electron chi connectivity index (χ4n) is 4.65. The van der Waals surface area contributed by atoms with E-state index in [0.717, 1.165) is 37.3 Å². The lowest BCUT2D eigenvalue weighted by Gasteiger charge is -2.33. The zero-order chi connectivity index (χ0) is 18.9. The van der Waals surface area contributed by atoms with Crippen molar-refractivity contribution in [2.45, 2.75) is 31.8 Å². The second-order valence-corrected chi connectivity index (χ2v) is 8.20. The van der Waals surface area contributed by atoms with E-state index >= 15 is 0 Å². The molecule has 6 heteroatoms. The molecular weight excluding hydrogens is 338 g/mol. The van der Waals surface area contributed by atoms with Gasteiger partial charge in [0.05, 0.1) is 11.7 Å². The molecule has 0 bridgehead atoms. The third-order valence-corrected chi connectivity index (χ3v) is 6.19. The van der Waals surface area contributed by atoms with Crippen LogP contribution >= 0.6 is 0 Å². The van der Waals surface area contributed by atoms with Gasteiger partial charge in [-0.25, -0.2) is 4.68 Å². The van der Waals surface area contributed by atoms with Crippen LogP contribution in [-0.4, -0.2) is 65.3 Å². The van der Waals surface area contributed by atoms with Gasteiger partial charge in [-0.1, -0.05) is 12.1 Å². The topological polar surface area (TPSA) is 53.4 Å². The first kappa shape index (κ1) is 18.2. The maximum Gasteiger partial charge on any atom is 0.239 e. The van der Waals surface area contributed by atoms with E-state index < -0.39 is 0 Å². The largest absolute Gasteiger partial charge is 0.340 e. The monoisotopic (exact) mass is 367 g/mol. The van der Waals surface area contributed by atoms with E-state index in [2.05, 4.69) is 34.5 Å². The molecule has 3 heterocycles. The number of benzene rings is 1. The van der Waals surface area contributed by atoms with Crippen molar-refractivity contribution in [2.24, 2.45) is 5.41 Å². The first-order chi connectivity index (χ1) is 13.1. The number of carbonyl (C=O) groups excluding carboxylic acids is 1. The minimum Gasteiger partial charge on any atom is -0.340 e. The van der Waals surface area contributed by atoms with Crippen LogP contribution in [0.2, 0.25) is 0 Å². The number of likely N-dealkylation sites (tertiary alicyclic amines) is 1. The Morgan fingerprint density at radius 1 is 1.30 bits per heavy atom. The number of carbonyl (C=O) groups is 1. The maximum atomic E-state index is 13.1. The number of nitrogens with zero attached hydrogens (tertiary/aromatic N) is 4. The summed E-state index contributed by atoms with van der Waals surface area (Å²) in [4.78, 5) is 17.2. The lowest BCUT2D eigenvalue weighted by Crippen LogP contribution is -2.42. The molecule has 2 aliphatic rings. The van der Waals surface area contributed by atoms with Crippen molar-refractivity contribution in [3.63, 3.8) is 0 Å². The molecule has 2 fully saturated rings. The molecule has 1 N–H and O–H groups in total. The predicted molar refractivity (Wildman–Crippen MR) is 106 cm³/mol. The number of nitrogens with one attached hydrogen (secondary N) is 1. The Hall–Kier alpha value is -2.18. The lowest BCUT2D eigenvalue weighted by atomic mass is 9.77. The molecule has 144 valence electrons. The summed E-state index contributed by atoms with van der Waals surface area (Å²) in [5, 5.41) is 7.69. The van der Waals surface area contributed by atoms with Crippen LogP contribution in [0.15, 0.2) is 42.7 Å². The minimum absolute atomic E-state index is 0.0106. The number of hydrogen-bond donors (Lipinski definition) is 1. The molecule has 1 atom stereocenters. The third kappa shape index (κ3) is 3.77. The van der Waals surface area contributed by atoms with E-state index in [4.69, 9.17) is 0 Å². The van der Waals surface area contributed by atoms with Crippen LogP contribution in [0.4, 0.5) is 0 Å². The van der Waals surface area contributed by atoms with Crippen molar-refractivity contribution >= 4 is 5.91 Å². The average molecular weight is 367 g/mol. The number of rotatable bonds is 4. The zero-order valence-corrected chi connectivity index (χ0v) is 16.3. The molecule has 2 aliphatic heterocycles. The molecular formula is C21H29N5O. The molecule has 0 aliphatic carbocycles. The molecule has 2 aromatic rings. The summed E-state index contributed by atoms with van der Waals surface area (Å²) >= 11 is 0. The first-order valence-electron chi connectivity index (χ1n) is 9.81. The molecule has 1 amide bonds. The summed E-state index contributed by atoms with van der Waals surface area (Å²) in [7, 11) is 4.02. The van der Waals surface area contributed by atoms with Crippen LogP contribution in [0.3, 0.4) is 0 Å². The van der Waals surface area contributed by atoms with Crippen molar-refractivity contribution in [1.82, 2.24) is 24.9 Å². The van der Waals surface area contributed by atoms with Gasteiger partial charge in [0.2, 0.25) is 5.91 Å². The Bertz CT molecular complexity index is 764. The molecule has 2 saturated heterocycles. The molecule has 1 aromatic carbocycles. The standard InChI is InChI=1S/C21H29N5O/c1-24(15-17-4-6-18(7-5-17)26-13-3-10-23-26)20(27)19-14-21(16-25(19)2)8-11-22-12-9-21/h3-7,10,13,19,22H,8-9,11-12,14-16H2,1-2H3. The number of hydrogen-bond acceptors (Lipinski definition) is 4. The van der Waals surface area contributed by atoms with Crippen LogP contribution in [0.5, 0.6) is 0 Å². The maximum absolute atomic E-state index is 13.1. The quantitative estimate of drug-likeness (QED) is 0.897. The van der Waals surface area contributed by atoms with Gasteiger partial charge in [0.1, 0.15) is 0 Å². The van der Waals surface area contributed by atoms with Gasteiger partial charge < -0.3 is 10.2 Å². The van der Waals surface area contributed by atoms with E-state index in [-0.39, 0.29) is 11.9 Å². The second-order valence-electron chi connectivity index (χ2n) is 8.20. The van der Waals surface area contributed by atoms with Gasteiger partial charge in [-0.15, -0.1) is 0 Å². The van der Waals surface area contributed by atoms with Crippen molar-refractivity contribution in [2.75, 3.05) is 33.7 Å². The highest BCUT2D eigenvalue weighted by Gasteiger charge is 2.46. The number of likely N-dealkylation sites (N-methyl/N-ethyl adjacent to an activating group) is 2. The summed E-state index contributed by atoms with van der Waals surface area (Å²) in [6.07, 6.45) is 7.05. The molecule has 1 unspecified atom stereocenters. The summed E-state index contributed by atoms with van der Waals surface area (Å²) in [5.74, 6) is 0.240. The molecule has 1 aromatic heterocycles. The Morgan fingerprint density at radius 3 is 2.70 bits per heavy atom. The highest BCUT2D eigenvalue weighted by Crippen LogP contribution is 2.41. The lowest BCUT2D eigenvalue weighted by molar-refractivity contribution is -0.134. The van der Waals surface area contributed by atoms with Gasteiger partial charge in [0.25, 0.3) is 0 Å². The highest BCUT2D eigenvalue weighted by atomic mass is 16.2. The Kier molecular flexibility index (Phi) is 5.02. The molecule has 4 rings (SSSR count). The summed E-state index contributed by atoms with van der Waals surface area (Å²) < 4.78 is 1.84. The van der Waals surface area contributed by atoms with Crippen molar-refractivity contribution in [1.29, 1.82) is 0 Å². The van der Waals surface area contributed by atoms with Gasteiger partial charge in [-0.05, 0) is 68.6 Å². The van der Waals surface area contributed by atoms with Crippen LogP contribution in [0, 0.1) is 5.41 Å². The molecule has 1 spiro atoms. The molecule has 6 nitrogen and oxygen atoms in total. The Morgan fingerprint density at radius 2 is 2.04 bits per heavy atom. The van der Waals surface area contributed by atoms with E-state index in [0.29, 0.717) is 12.0 Å². The molecule has 0 radical (unpaired) electrons. The Labute approximate surface area is 161 Å². The smallest absolute Gasteiger partial charge is 0.239 e. The van der Waals surface area contributed by atoms with Gasteiger partial charge in [-0.3, -0.25) is 9.69 Å². The summed E-state index contributed by atoms with van der Waals surface area (Å²) in [5.41, 5.74) is 2.49. The van der Waals surface area contributed by atoms with E-state index in [1.54, 1.807) is 6.20 Å². The average Bonchev–Trinajstić information content (AvgIpc) is 3.31. The fraction of sp³-hybridized carbons (Fsp3) is 0.524. The minimum atomic E-state index is 0.0106. The first-order valence-corrected chi connectivity index (χ1v) is 9.81. The fourth-order valence-corrected chi connectivity index (χ4v) is 4.65. The van der Waals surface area contributed by atoms with Crippen molar-refractivity contribution in [3.05, 3.63) is 48.3 Å². The molecule has 27 heavy (non-hydrogen) atoms. The number of amides is 1. The van der Waals surface area contributed by atoms with Crippen molar-refractivity contribution < 1.29 is 4.79 Å². The van der Waals surface area contributed by atoms with Gasteiger partial charge in [0, 0.05) is 32.5 Å². The van der Waals surface area contributed by atoms with Crippen LogP contribution in [0.25, 0.3) is 5.69 Å². The van der Waals surface area contributed by atoms with Crippen LogP contribution < -0.4 is 5.32 Å². The predicted octanol–water partition coefficient (Wildman–Crippen LogP) is 1.90. The molecule has 0 saturated carbocycles. The van der Waals surface area contributed by atoms with Crippen LogP contribution in [0.1, 0.15) is 24.8 Å². The third-order valence-electron chi connectivity index (χ3n) is 6.19. The normalized spacial score (nSPS) is 22.2. The second kappa shape index (κ2) is 7.44. The van der Waals surface area contributed by atoms with Gasteiger partial charge in [0.15, 0.2) is 0 Å².